The zero-order valence-electron chi connectivity index (χ0n) is 15.3. The van der Waals surface area contributed by atoms with Gasteiger partial charge in [-0.2, -0.15) is 0 Å². The molecule has 146 valence electrons. The van der Waals surface area contributed by atoms with Gasteiger partial charge in [-0.05, 0) is 30.2 Å². The Labute approximate surface area is 172 Å². The zero-order valence-corrected chi connectivity index (χ0v) is 17.0. The quantitative estimate of drug-likeness (QED) is 0.404. The van der Waals surface area contributed by atoms with E-state index in [0.717, 1.165) is 24.3 Å². The number of carbonyl (C=O) groups excluding carboxylic acids is 2. The Balaban J connectivity index is 1.51. The molecule has 28 heavy (non-hydrogen) atoms. The van der Waals surface area contributed by atoms with Gasteiger partial charge in [-0.15, -0.1) is 0 Å². The van der Waals surface area contributed by atoms with Crippen LogP contribution in [0.15, 0.2) is 47.9 Å². The number of benzene rings is 1. The normalized spacial score (nSPS) is 15.3. The molecule has 2 heterocycles. The van der Waals surface area contributed by atoms with E-state index in [1.165, 1.54) is 16.7 Å². The largest absolute Gasteiger partial charge is 0.497 e. The topological polar surface area (TPSA) is 76.5 Å². The number of aryl methyl sites for hydroxylation is 1. The van der Waals surface area contributed by atoms with E-state index in [0.29, 0.717) is 15.8 Å². The van der Waals surface area contributed by atoms with Crippen LogP contribution in [0.1, 0.15) is 12.0 Å². The maximum Gasteiger partial charge on any atom is 0.266 e. The number of methoxy groups -OCH3 is 1. The molecule has 1 fully saturated rings. The summed E-state index contributed by atoms with van der Waals surface area (Å²) in [6, 6.07) is 7.37. The summed E-state index contributed by atoms with van der Waals surface area (Å²) >= 11 is 6.48. The molecule has 1 N–H and O–H groups in total. The second-order valence-electron chi connectivity index (χ2n) is 6.05. The minimum absolute atomic E-state index is 0.0737. The first-order valence-corrected chi connectivity index (χ1v) is 9.91. The fraction of sp³-hybridized carbons (Fsp3) is 0.263. The number of ether oxygens (including phenoxy) is 1. The monoisotopic (exact) mass is 416 g/mol. The summed E-state index contributed by atoms with van der Waals surface area (Å²) in [5, 5.41) is 2.82. The van der Waals surface area contributed by atoms with Crippen LogP contribution in [0.2, 0.25) is 0 Å². The molecule has 0 atom stereocenters. The molecule has 0 unspecified atom stereocenters. The molecule has 0 aliphatic carbocycles. The first-order chi connectivity index (χ1) is 13.6. The summed E-state index contributed by atoms with van der Waals surface area (Å²) in [7, 11) is 1.60. The maximum absolute atomic E-state index is 12.6. The molecule has 3 rings (SSSR count). The smallest absolute Gasteiger partial charge is 0.266 e. The highest BCUT2D eigenvalue weighted by atomic mass is 32.2. The molecule has 0 radical (unpaired) electrons. The molecular weight excluding hydrogens is 396 g/mol. The third kappa shape index (κ3) is 5.20. The predicted octanol–water partition coefficient (Wildman–Crippen LogP) is 2.30. The number of hydrogen-bond acceptors (Lipinski definition) is 6. The van der Waals surface area contributed by atoms with Gasteiger partial charge >= 0.3 is 0 Å². The zero-order chi connectivity index (χ0) is 19.9. The van der Waals surface area contributed by atoms with E-state index in [-0.39, 0.29) is 18.4 Å². The fourth-order valence-electron chi connectivity index (χ4n) is 2.60. The van der Waals surface area contributed by atoms with Gasteiger partial charge < -0.3 is 14.6 Å². The minimum atomic E-state index is -0.251. The van der Waals surface area contributed by atoms with Crippen LogP contribution in [0.5, 0.6) is 5.75 Å². The lowest BCUT2D eigenvalue weighted by molar-refractivity contribution is -0.128. The molecule has 0 bridgehead atoms. The van der Waals surface area contributed by atoms with Gasteiger partial charge in [-0.25, -0.2) is 4.98 Å². The lowest BCUT2D eigenvalue weighted by Crippen LogP contribution is -2.39. The third-order valence-corrected chi connectivity index (χ3v) is 5.44. The summed E-state index contributed by atoms with van der Waals surface area (Å²) in [4.78, 5) is 30.6. The van der Waals surface area contributed by atoms with Crippen molar-refractivity contribution in [3.05, 3.63) is 53.5 Å². The van der Waals surface area contributed by atoms with E-state index in [4.69, 9.17) is 17.0 Å². The number of imidazole rings is 1. The van der Waals surface area contributed by atoms with Gasteiger partial charge in [-0.1, -0.05) is 36.1 Å². The molecule has 7 nitrogen and oxygen atoms in total. The summed E-state index contributed by atoms with van der Waals surface area (Å²) in [5.41, 5.74) is 0.866. The Kier molecular flexibility index (Phi) is 6.83. The van der Waals surface area contributed by atoms with E-state index < -0.39 is 0 Å². The van der Waals surface area contributed by atoms with Gasteiger partial charge in [0.2, 0.25) is 5.91 Å². The Hall–Kier alpha value is -2.65. The first kappa shape index (κ1) is 20.1. The Morgan fingerprint density at radius 2 is 2.14 bits per heavy atom. The molecule has 1 saturated heterocycles. The number of nitrogens with one attached hydrogen (secondary N) is 1. The third-order valence-electron chi connectivity index (χ3n) is 4.06. The number of amides is 2. The lowest BCUT2D eigenvalue weighted by Gasteiger charge is -2.14. The van der Waals surface area contributed by atoms with Crippen LogP contribution in [0.3, 0.4) is 0 Å². The van der Waals surface area contributed by atoms with Crippen LogP contribution >= 0.6 is 24.0 Å². The highest BCUT2D eigenvalue weighted by Gasteiger charge is 2.33. The molecule has 2 amide bonds. The summed E-state index contributed by atoms with van der Waals surface area (Å²) in [6.07, 6.45) is 7.86. The van der Waals surface area contributed by atoms with Crippen LogP contribution in [0.4, 0.5) is 0 Å². The van der Waals surface area contributed by atoms with Gasteiger partial charge in [0.25, 0.3) is 5.91 Å². The van der Waals surface area contributed by atoms with Crippen LogP contribution in [0, 0.1) is 0 Å². The fourth-order valence-corrected chi connectivity index (χ4v) is 3.85. The molecule has 0 saturated carbocycles. The van der Waals surface area contributed by atoms with Crippen molar-refractivity contribution in [2.75, 3.05) is 20.2 Å². The van der Waals surface area contributed by atoms with Crippen molar-refractivity contribution in [3.63, 3.8) is 0 Å². The average Bonchev–Trinajstić information content (AvgIpc) is 3.30. The Morgan fingerprint density at radius 3 is 2.82 bits per heavy atom. The van der Waals surface area contributed by atoms with Crippen molar-refractivity contribution in [1.29, 1.82) is 0 Å². The van der Waals surface area contributed by atoms with E-state index in [9.17, 15) is 9.59 Å². The minimum Gasteiger partial charge on any atom is -0.497 e. The van der Waals surface area contributed by atoms with Crippen molar-refractivity contribution >= 4 is 46.2 Å². The van der Waals surface area contributed by atoms with Crippen LogP contribution in [-0.2, 0) is 16.1 Å². The van der Waals surface area contributed by atoms with E-state index >= 15 is 0 Å². The van der Waals surface area contributed by atoms with Crippen LogP contribution in [0.25, 0.3) is 6.08 Å². The second kappa shape index (κ2) is 9.52. The first-order valence-electron chi connectivity index (χ1n) is 8.68. The number of carbonyl (C=O) groups is 2. The predicted molar refractivity (Wildman–Crippen MR) is 113 cm³/mol. The highest BCUT2D eigenvalue weighted by Crippen LogP contribution is 2.32. The SMILES string of the molecule is COc1ccc(/C=C2\SC(=S)N(CC(=O)NCCCn3ccnc3)C2=O)cc1. The molecule has 1 aliphatic rings. The van der Waals surface area contributed by atoms with Gasteiger partial charge in [0.05, 0.1) is 18.3 Å². The Morgan fingerprint density at radius 1 is 1.36 bits per heavy atom. The molecule has 9 heteroatoms. The van der Waals surface area contributed by atoms with Gasteiger partial charge in [0, 0.05) is 25.5 Å². The molecule has 1 aromatic carbocycles. The van der Waals surface area contributed by atoms with Gasteiger partial charge in [0.1, 0.15) is 16.6 Å². The van der Waals surface area contributed by atoms with Gasteiger partial charge in [0.15, 0.2) is 0 Å². The lowest BCUT2D eigenvalue weighted by atomic mass is 10.2. The van der Waals surface area contributed by atoms with Crippen molar-refractivity contribution in [2.24, 2.45) is 0 Å². The molecule has 1 aliphatic heterocycles. The second-order valence-corrected chi connectivity index (χ2v) is 7.72. The van der Waals surface area contributed by atoms with E-state index in [1.54, 1.807) is 25.7 Å². The van der Waals surface area contributed by atoms with Crippen molar-refractivity contribution < 1.29 is 14.3 Å². The number of hydrogen-bond donors (Lipinski definition) is 1. The number of aromatic nitrogens is 2. The summed E-state index contributed by atoms with van der Waals surface area (Å²) in [5.74, 6) is 0.265. The maximum atomic E-state index is 12.6. The molecular formula is C19H20N4O3S2. The van der Waals surface area contributed by atoms with Crippen molar-refractivity contribution in [1.82, 2.24) is 19.8 Å². The summed E-state index contributed by atoms with van der Waals surface area (Å²) < 4.78 is 7.46. The van der Waals surface area contributed by atoms with Crippen molar-refractivity contribution in [2.45, 2.75) is 13.0 Å². The van der Waals surface area contributed by atoms with E-state index in [1.807, 2.05) is 35.0 Å². The number of nitrogens with zero attached hydrogens (tertiary/aromatic N) is 3. The number of thiocarbonyl (C=S) groups is 1. The summed E-state index contributed by atoms with van der Waals surface area (Å²) in [6.45, 7) is 1.22. The number of rotatable bonds is 8. The van der Waals surface area contributed by atoms with Crippen LogP contribution in [-0.4, -0.2) is 50.8 Å². The average molecular weight is 417 g/mol. The van der Waals surface area contributed by atoms with Gasteiger partial charge in [-0.3, -0.25) is 14.5 Å². The Bertz CT molecular complexity index is 879. The standard InChI is InChI=1S/C19H20N4O3S2/c1-26-15-5-3-14(4-6-15)11-16-18(25)23(19(27)28-16)12-17(24)21-7-2-9-22-10-8-20-13-22/h3-6,8,10-11,13H,2,7,9,12H2,1H3,(H,21,24)/b16-11-. The molecule has 1 aromatic heterocycles. The highest BCUT2D eigenvalue weighted by molar-refractivity contribution is 8.26. The molecule has 0 spiro atoms. The molecule has 2 aromatic rings. The van der Waals surface area contributed by atoms with Crippen LogP contribution < -0.4 is 10.1 Å². The van der Waals surface area contributed by atoms with E-state index in [2.05, 4.69) is 10.3 Å². The van der Waals surface area contributed by atoms with Crippen molar-refractivity contribution in [3.8, 4) is 5.75 Å². The number of thioether (sulfide) groups is 1.